The number of aromatic carboxylic acids is 1. The van der Waals surface area contributed by atoms with Gasteiger partial charge in [0.25, 0.3) is 0 Å². The monoisotopic (exact) mass is 287 g/mol. The number of hydrogen-bond acceptors (Lipinski definition) is 4. The fourth-order valence-electron chi connectivity index (χ4n) is 1.31. The van der Waals surface area contributed by atoms with E-state index in [0.29, 0.717) is 18.9 Å². The van der Waals surface area contributed by atoms with Crippen molar-refractivity contribution in [3.8, 4) is 11.5 Å². The fourth-order valence-corrected chi connectivity index (χ4v) is 1.58. The summed E-state index contributed by atoms with van der Waals surface area (Å²) >= 11 is 6.03. The van der Waals surface area contributed by atoms with Crippen molar-refractivity contribution in [2.45, 2.75) is 13.8 Å². The molecule has 0 aromatic heterocycles. The Morgan fingerprint density at radius 2 is 2.11 bits per heavy atom. The highest BCUT2D eigenvalue weighted by Gasteiger charge is 2.20. The van der Waals surface area contributed by atoms with Gasteiger partial charge >= 0.3 is 5.97 Å². The van der Waals surface area contributed by atoms with Crippen LogP contribution in [0.25, 0.3) is 0 Å². The smallest absolute Gasteiger partial charge is 0.335 e. The second kappa shape index (κ2) is 6.12. The van der Waals surface area contributed by atoms with Crippen molar-refractivity contribution in [1.82, 2.24) is 0 Å². The predicted octanol–water partition coefficient (Wildman–Crippen LogP) is 2.41. The maximum atomic E-state index is 10.9. The van der Waals surface area contributed by atoms with Gasteiger partial charge in [-0.1, -0.05) is 25.4 Å². The van der Waals surface area contributed by atoms with E-state index in [-0.39, 0.29) is 21.8 Å². The van der Waals surface area contributed by atoms with Crippen LogP contribution in [0.1, 0.15) is 24.2 Å². The number of carboxylic acids is 1. The molecule has 1 aromatic carbocycles. The van der Waals surface area contributed by atoms with Crippen molar-refractivity contribution < 1.29 is 19.4 Å². The van der Waals surface area contributed by atoms with Gasteiger partial charge in [-0.25, -0.2) is 4.79 Å². The van der Waals surface area contributed by atoms with Crippen LogP contribution in [-0.4, -0.2) is 31.3 Å². The first kappa shape index (κ1) is 15.6. The Morgan fingerprint density at radius 1 is 1.47 bits per heavy atom. The van der Waals surface area contributed by atoms with Crippen LogP contribution in [0, 0.1) is 5.41 Å². The lowest BCUT2D eigenvalue weighted by Gasteiger charge is -2.23. The Hall–Kier alpha value is -1.46. The van der Waals surface area contributed by atoms with E-state index in [2.05, 4.69) is 0 Å². The third-order valence-electron chi connectivity index (χ3n) is 2.64. The number of methoxy groups -OCH3 is 1. The van der Waals surface area contributed by atoms with E-state index in [1.165, 1.54) is 19.2 Å². The second-order valence-electron chi connectivity index (χ2n) is 4.95. The highest BCUT2D eigenvalue weighted by atomic mass is 35.5. The molecule has 0 unspecified atom stereocenters. The average Bonchev–Trinajstić information content (AvgIpc) is 2.36. The highest BCUT2D eigenvalue weighted by molar-refractivity contribution is 6.32. The Kier molecular flexibility index (Phi) is 5.03. The number of halogens is 1. The number of carboxylic acid groups (broad SMARTS) is 1. The molecule has 0 aliphatic heterocycles. The summed E-state index contributed by atoms with van der Waals surface area (Å²) in [4.78, 5) is 10.9. The number of nitrogens with two attached hydrogens (primary N) is 1. The van der Waals surface area contributed by atoms with E-state index in [1.807, 2.05) is 13.8 Å². The zero-order valence-electron chi connectivity index (χ0n) is 11.2. The van der Waals surface area contributed by atoms with Gasteiger partial charge in [0.2, 0.25) is 0 Å². The lowest BCUT2D eigenvalue weighted by molar-refractivity contribution is 0.0696. The van der Waals surface area contributed by atoms with Crippen LogP contribution in [0.5, 0.6) is 11.5 Å². The van der Waals surface area contributed by atoms with Gasteiger partial charge in [-0.05, 0) is 12.1 Å². The Bertz CT molecular complexity index is 474. The molecule has 0 saturated carbocycles. The van der Waals surface area contributed by atoms with Crippen LogP contribution in [0.4, 0.5) is 0 Å². The maximum Gasteiger partial charge on any atom is 0.335 e. The zero-order chi connectivity index (χ0) is 14.6. The molecule has 0 saturated heterocycles. The van der Waals surface area contributed by atoms with Crippen molar-refractivity contribution in [2.24, 2.45) is 11.1 Å². The second-order valence-corrected chi connectivity index (χ2v) is 5.36. The summed E-state index contributed by atoms with van der Waals surface area (Å²) in [7, 11) is 1.43. The first-order valence-corrected chi connectivity index (χ1v) is 6.12. The minimum atomic E-state index is -1.07. The summed E-state index contributed by atoms with van der Waals surface area (Å²) in [5.41, 5.74) is 5.46. The number of carbonyl (C=O) groups is 1. The third-order valence-corrected chi connectivity index (χ3v) is 2.92. The van der Waals surface area contributed by atoms with Gasteiger partial charge in [0.1, 0.15) is 0 Å². The van der Waals surface area contributed by atoms with Gasteiger partial charge in [0.05, 0.1) is 24.3 Å². The number of hydrogen-bond donors (Lipinski definition) is 2. The molecule has 5 nitrogen and oxygen atoms in total. The molecule has 0 fully saturated rings. The summed E-state index contributed by atoms with van der Waals surface area (Å²) < 4.78 is 10.7. The van der Waals surface area contributed by atoms with E-state index in [0.717, 1.165) is 0 Å². The molecular weight excluding hydrogens is 270 g/mol. The molecule has 1 rings (SSSR count). The average molecular weight is 288 g/mol. The number of benzene rings is 1. The van der Waals surface area contributed by atoms with Gasteiger partial charge in [0.15, 0.2) is 11.5 Å². The Labute approximate surface area is 117 Å². The molecule has 0 radical (unpaired) electrons. The van der Waals surface area contributed by atoms with E-state index in [1.54, 1.807) is 0 Å². The summed E-state index contributed by atoms with van der Waals surface area (Å²) in [6.45, 7) is 4.73. The standard InChI is InChI=1S/C13H18ClNO4/c1-13(2,6-15)7-19-11-9(14)4-8(12(16)17)5-10(11)18-3/h4-5H,6-7,15H2,1-3H3,(H,16,17). The zero-order valence-corrected chi connectivity index (χ0v) is 12.0. The van der Waals surface area contributed by atoms with Crippen molar-refractivity contribution in [2.75, 3.05) is 20.3 Å². The molecule has 1 aromatic rings. The molecule has 0 spiro atoms. The van der Waals surface area contributed by atoms with Crippen molar-refractivity contribution in [3.63, 3.8) is 0 Å². The molecule has 0 bridgehead atoms. The van der Waals surface area contributed by atoms with Gasteiger partial charge in [-0.2, -0.15) is 0 Å². The lowest BCUT2D eigenvalue weighted by atomic mass is 9.95. The molecule has 106 valence electrons. The van der Waals surface area contributed by atoms with Gasteiger partial charge in [-0.3, -0.25) is 0 Å². The van der Waals surface area contributed by atoms with Crippen LogP contribution >= 0.6 is 11.6 Å². The molecule has 0 atom stereocenters. The van der Waals surface area contributed by atoms with E-state index in [4.69, 9.17) is 31.9 Å². The molecule has 0 heterocycles. The highest BCUT2D eigenvalue weighted by Crippen LogP contribution is 2.37. The molecule has 0 amide bonds. The Balaban J connectivity index is 3.04. The summed E-state index contributed by atoms with van der Waals surface area (Å²) in [6, 6.07) is 2.70. The Morgan fingerprint density at radius 3 is 2.58 bits per heavy atom. The predicted molar refractivity (Wildman–Crippen MR) is 73.3 cm³/mol. The molecule has 19 heavy (non-hydrogen) atoms. The van der Waals surface area contributed by atoms with Crippen molar-refractivity contribution in [3.05, 3.63) is 22.7 Å². The normalized spacial score (nSPS) is 11.2. The van der Waals surface area contributed by atoms with Crippen LogP contribution in [0.2, 0.25) is 5.02 Å². The first-order valence-electron chi connectivity index (χ1n) is 5.74. The quantitative estimate of drug-likeness (QED) is 0.839. The van der Waals surface area contributed by atoms with Gasteiger partial charge in [0, 0.05) is 12.0 Å². The van der Waals surface area contributed by atoms with E-state index in [9.17, 15) is 4.79 Å². The fraction of sp³-hybridized carbons (Fsp3) is 0.462. The molecule has 0 aliphatic carbocycles. The van der Waals surface area contributed by atoms with E-state index >= 15 is 0 Å². The molecule has 6 heteroatoms. The maximum absolute atomic E-state index is 10.9. The number of ether oxygens (including phenoxy) is 2. The SMILES string of the molecule is COc1cc(C(=O)O)cc(Cl)c1OCC(C)(C)CN. The summed E-state index contributed by atoms with van der Waals surface area (Å²) in [6.07, 6.45) is 0. The van der Waals surface area contributed by atoms with Crippen LogP contribution in [-0.2, 0) is 0 Å². The minimum absolute atomic E-state index is 0.0484. The van der Waals surface area contributed by atoms with Crippen molar-refractivity contribution in [1.29, 1.82) is 0 Å². The molecule has 3 N–H and O–H groups in total. The van der Waals surface area contributed by atoms with Crippen LogP contribution in [0.3, 0.4) is 0 Å². The first-order chi connectivity index (χ1) is 8.80. The minimum Gasteiger partial charge on any atom is -0.493 e. The number of rotatable bonds is 6. The van der Waals surface area contributed by atoms with Crippen LogP contribution < -0.4 is 15.2 Å². The van der Waals surface area contributed by atoms with Crippen molar-refractivity contribution >= 4 is 17.6 Å². The van der Waals surface area contributed by atoms with Gasteiger partial charge < -0.3 is 20.3 Å². The third kappa shape index (κ3) is 4.01. The molecular formula is C13H18ClNO4. The molecule has 0 aliphatic rings. The largest absolute Gasteiger partial charge is 0.493 e. The van der Waals surface area contributed by atoms with Gasteiger partial charge in [-0.15, -0.1) is 0 Å². The summed E-state index contributed by atoms with van der Waals surface area (Å²) in [5, 5.41) is 9.14. The topological polar surface area (TPSA) is 81.8 Å². The lowest BCUT2D eigenvalue weighted by Crippen LogP contribution is -2.30. The summed E-state index contributed by atoms with van der Waals surface area (Å²) in [5.74, 6) is -0.456. The van der Waals surface area contributed by atoms with Crippen LogP contribution in [0.15, 0.2) is 12.1 Å². The van der Waals surface area contributed by atoms with E-state index < -0.39 is 5.97 Å².